The second-order valence-corrected chi connectivity index (χ2v) is 7.26. The molecule has 1 aliphatic rings. The Morgan fingerprint density at radius 2 is 2.36 bits per heavy atom. The van der Waals surface area contributed by atoms with Gasteiger partial charge in [0.05, 0.1) is 5.56 Å². The van der Waals surface area contributed by atoms with Crippen LogP contribution in [-0.2, 0) is 4.74 Å². The van der Waals surface area contributed by atoms with Crippen molar-refractivity contribution in [2.24, 2.45) is 0 Å². The van der Waals surface area contributed by atoms with Crippen molar-refractivity contribution in [2.45, 2.75) is 50.3 Å². The number of amides is 1. The first kappa shape index (κ1) is 16.6. The van der Waals surface area contributed by atoms with E-state index >= 15 is 0 Å². The molecule has 1 aromatic heterocycles. The average Bonchev–Trinajstić information content (AvgIpc) is 2.92. The molecule has 1 saturated heterocycles. The minimum absolute atomic E-state index is 0.133. The molecule has 0 N–H and O–H groups in total. The normalized spacial score (nSPS) is 18.1. The minimum atomic E-state index is -0.480. The number of carbonyl (C=O) groups excluding carboxylic acids is 1. The van der Waals surface area contributed by atoms with Crippen LogP contribution in [0.15, 0.2) is 23.4 Å². The molecule has 0 aliphatic carbocycles. The number of pyridine rings is 1. The van der Waals surface area contributed by atoms with E-state index in [0.29, 0.717) is 5.56 Å². The molecule has 1 unspecified atom stereocenters. The number of hydrogen-bond acceptors (Lipinski definition) is 5. The summed E-state index contributed by atoms with van der Waals surface area (Å²) < 4.78 is 5.46. The topological polar surface area (TPSA) is 66.2 Å². The lowest BCUT2D eigenvalue weighted by Gasteiger charge is -2.28. The highest BCUT2D eigenvalue weighted by Crippen LogP contribution is 2.27. The van der Waals surface area contributed by atoms with E-state index in [4.69, 9.17) is 10.00 Å². The van der Waals surface area contributed by atoms with Gasteiger partial charge in [0, 0.05) is 24.5 Å². The van der Waals surface area contributed by atoms with E-state index < -0.39 is 5.60 Å². The van der Waals surface area contributed by atoms with Crippen LogP contribution < -0.4 is 0 Å². The van der Waals surface area contributed by atoms with Crippen LogP contribution in [0.25, 0.3) is 0 Å². The highest BCUT2D eigenvalue weighted by Gasteiger charge is 2.32. The van der Waals surface area contributed by atoms with Gasteiger partial charge in [-0.2, -0.15) is 5.26 Å². The third-order valence-electron chi connectivity index (χ3n) is 3.31. The highest BCUT2D eigenvalue weighted by atomic mass is 32.2. The second kappa shape index (κ2) is 7.01. The molecule has 2 heterocycles. The second-order valence-electron chi connectivity index (χ2n) is 6.25. The number of aromatic nitrogens is 1. The van der Waals surface area contributed by atoms with Crippen molar-refractivity contribution in [1.82, 2.24) is 9.88 Å². The molecule has 5 nitrogen and oxygen atoms in total. The Morgan fingerprint density at radius 3 is 3.05 bits per heavy atom. The van der Waals surface area contributed by atoms with E-state index in [1.165, 1.54) is 11.8 Å². The molecule has 0 saturated carbocycles. The van der Waals surface area contributed by atoms with Gasteiger partial charge < -0.3 is 9.64 Å². The number of hydrogen-bond donors (Lipinski definition) is 0. The van der Waals surface area contributed by atoms with Gasteiger partial charge >= 0.3 is 6.09 Å². The lowest BCUT2D eigenvalue weighted by molar-refractivity contribution is 0.0242. The maximum atomic E-state index is 12.2. The third kappa shape index (κ3) is 4.38. The van der Waals surface area contributed by atoms with E-state index in [2.05, 4.69) is 11.1 Å². The zero-order valence-corrected chi connectivity index (χ0v) is 14.0. The van der Waals surface area contributed by atoms with Gasteiger partial charge in [0.15, 0.2) is 0 Å². The number of thioether (sulfide) groups is 1. The molecule has 0 aromatic carbocycles. The van der Waals surface area contributed by atoms with Gasteiger partial charge in [-0.3, -0.25) is 0 Å². The summed E-state index contributed by atoms with van der Waals surface area (Å²) in [6.07, 6.45) is 3.37. The summed E-state index contributed by atoms with van der Waals surface area (Å²) in [7, 11) is 0. The molecule has 0 bridgehead atoms. The number of carbonyl (C=O) groups is 1. The lowest BCUT2D eigenvalue weighted by atomic mass is 10.2. The van der Waals surface area contributed by atoms with E-state index in [1.807, 2.05) is 20.8 Å². The Hall–Kier alpha value is -1.74. The van der Waals surface area contributed by atoms with Crippen molar-refractivity contribution in [2.75, 3.05) is 12.3 Å². The van der Waals surface area contributed by atoms with Crippen LogP contribution in [-0.4, -0.2) is 39.9 Å². The summed E-state index contributed by atoms with van der Waals surface area (Å²) in [5, 5.41) is 9.81. The predicted molar refractivity (Wildman–Crippen MR) is 85.6 cm³/mol. The molecule has 6 heteroatoms. The van der Waals surface area contributed by atoms with Gasteiger partial charge in [-0.1, -0.05) is 0 Å². The van der Waals surface area contributed by atoms with Crippen molar-refractivity contribution < 1.29 is 9.53 Å². The van der Waals surface area contributed by atoms with Crippen molar-refractivity contribution >= 4 is 17.9 Å². The maximum Gasteiger partial charge on any atom is 0.410 e. The Balaban J connectivity index is 1.97. The van der Waals surface area contributed by atoms with Gasteiger partial charge in [0.25, 0.3) is 0 Å². The molecule has 1 amide bonds. The van der Waals surface area contributed by atoms with Crippen molar-refractivity contribution in [1.29, 1.82) is 5.26 Å². The monoisotopic (exact) mass is 319 g/mol. The molecule has 1 fully saturated rings. The Kier molecular flexibility index (Phi) is 5.30. The van der Waals surface area contributed by atoms with E-state index in [9.17, 15) is 4.79 Å². The minimum Gasteiger partial charge on any atom is -0.444 e. The first-order valence-corrected chi connectivity index (χ1v) is 8.37. The van der Waals surface area contributed by atoms with E-state index in [-0.39, 0.29) is 12.1 Å². The summed E-state index contributed by atoms with van der Waals surface area (Å²) in [6.45, 7) is 6.35. The smallest absolute Gasteiger partial charge is 0.410 e. The van der Waals surface area contributed by atoms with E-state index in [1.54, 1.807) is 23.2 Å². The molecule has 0 radical (unpaired) electrons. The highest BCUT2D eigenvalue weighted by molar-refractivity contribution is 7.99. The van der Waals surface area contributed by atoms with E-state index in [0.717, 1.165) is 30.2 Å². The zero-order chi connectivity index (χ0) is 16.2. The largest absolute Gasteiger partial charge is 0.444 e. The Labute approximate surface area is 135 Å². The summed E-state index contributed by atoms with van der Waals surface area (Å²) in [5.74, 6) is 0.727. The summed E-state index contributed by atoms with van der Waals surface area (Å²) in [6, 6.07) is 5.79. The molecule has 1 atom stereocenters. The number of ether oxygens (including phenoxy) is 1. The van der Waals surface area contributed by atoms with Crippen molar-refractivity contribution in [3.8, 4) is 6.07 Å². The third-order valence-corrected chi connectivity index (χ3v) is 4.46. The summed E-state index contributed by atoms with van der Waals surface area (Å²) in [5.41, 5.74) is 0.0982. The molecule has 2 rings (SSSR count). The SMILES string of the molecule is CC(C)(C)OC(=O)N1CCCC1CSc1ncccc1C#N. The Morgan fingerprint density at radius 1 is 1.59 bits per heavy atom. The fourth-order valence-electron chi connectivity index (χ4n) is 2.34. The van der Waals surface area contributed by atoms with Crippen LogP contribution in [0.5, 0.6) is 0 Å². The molecule has 1 aliphatic heterocycles. The molecule has 118 valence electrons. The van der Waals surface area contributed by atoms with Gasteiger partial charge in [-0.15, -0.1) is 11.8 Å². The molecule has 0 spiro atoms. The van der Waals surface area contributed by atoms with Crippen LogP contribution in [0.2, 0.25) is 0 Å². The fourth-order valence-corrected chi connectivity index (χ4v) is 3.44. The summed E-state index contributed by atoms with van der Waals surface area (Å²) >= 11 is 1.52. The quantitative estimate of drug-likeness (QED) is 0.798. The number of nitriles is 1. The van der Waals surface area contributed by atoms with Gasteiger partial charge in [0.2, 0.25) is 0 Å². The standard InChI is InChI=1S/C16H21N3O2S/c1-16(2,3)21-15(20)19-9-5-7-13(19)11-22-14-12(10-17)6-4-8-18-14/h4,6,8,13H,5,7,9,11H2,1-3H3. The van der Waals surface area contributed by atoms with Gasteiger partial charge in [0.1, 0.15) is 16.7 Å². The van der Waals surface area contributed by atoms with Crippen LogP contribution in [0.4, 0.5) is 4.79 Å². The predicted octanol–water partition coefficient (Wildman–Crippen LogP) is 3.44. The summed E-state index contributed by atoms with van der Waals surface area (Å²) in [4.78, 5) is 18.3. The number of likely N-dealkylation sites (tertiary alicyclic amines) is 1. The molecule has 22 heavy (non-hydrogen) atoms. The molecular formula is C16H21N3O2S. The molecular weight excluding hydrogens is 298 g/mol. The number of nitrogens with zero attached hydrogens (tertiary/aromatic N) is 3. The Bertz CT molecular complexity index is 577. The lowest BCUT2D eigenvalue weighted by Crippen LogP contribution is -2.40. The maximum absolute atomic E-state index is 12.2. The van der Waals surface area contributed by atoms with Crippen LogP contribution in [0.3, 0.4) is 0 Å². The van der Waals surface area contributed by atoms with Crippen LogP contribution in [0, 0.1) is 11.3 Å². The van der Waals surface area contributed by atoms with Crippen molar-refractivity contribution in [3.63, 3.8) is 0 Å². The van der Waals surface area contributed by atoms with Gasteiger partial charge in [-0.25, -0.2) is 9.78 Å². The fraction of sp³-hybridized carbons (Fsp3) is 0.562. The first-order valence-electron chi connectivity index (χ1n) is 7.38. The van der Waals surface area contributed by atoms with Gasteiger partial charge in [-0.05, 0) is 45.7 Å². The van der Waals surface area contributed by atoms with Crippen LogP contribution in [0.1, 0.15) is 39.2 Å². The molecule has 1 aromatic rings. The number of rotatable bonds is 3. The van der Waals surface area contributed by atoms with Crippen molar-refractivity contribution in [3.05, 3.63) is 23.9 Å². The zero-order valence-electron chi connectivity index (χ0n) is 13.2. The average molecular weight is 319 g/mol. The first-order chi connectivity index (χ1) is 10.4. The van der Waals surface area contributed by atoms with Crippen LogP contribution >= 0.6 is 11.8 Å².